The molecule has 5 unspecified atom stereocenters. The second kappa shape index (κ2) is 7.96. The van der Waals surface area contributed by atoms with E-state index in [-0.39, 0.29) is 11.5 Å². The lowest BCUT2D eigenvalue weighted by Gasteiger charge is -2.59. The van der Waals surface area contributed by atoms with Gasteiger partial charge < -0.3 is 16.4 Å². The molecule has 6 atom stereocenters. The minimum Gasteiger partial charge on any atom is -0.368 e. The van der Waals surface area contributed by atoms with Gasteiger partial charge in [-0.05, 0) is 73.8 Å². The van der Waals surface area contributed by atoms with E-state index in [2.05, 4.69) is 26.7 Å². The van der Waals surface area contributed by atoms with Gasteiger partial charge in [0.05, 0.1) is 12.2 Å². The number of nitrogens with zero attached hydrogens (tertiary/aromatic N) is 3. The van der Waals surface area contributed by atoms with Crippen LogP contribution in [-0.2, 0) is 0 Å². The van der Waals surface area contributed by atoms with Crippen LogP contribution in [0.15, 0.2) is 30.5 Å². The van der Waals surface area contributed by atoms with Crippen LogP contribution in [-0.4, -0.2) is 22.6 Å². The summed E-state index contributed by atoms with van der Waals surface area (Å²) in [5, 5.41) is 17.1. The van der Waals surface area contributed by atoms with Gasteiger partial charge in [0.25, 0.3) is 0 Å². The predicted molar refractivity (Wildman–Crippen MR) is 123 cm³/mol. The largest absolute Gasteiger partial charge is 0.368 e. The number of rotatable bonds is 6. The van der Waals surface area contributed by atoms with E-state index >= 15 is 0 Å². The van der Waals surface area contributed by atoms with Crippen LogP contribution >= 0.6 is 11.6 Å². The van der Waals surface area contributed by atoms with Gasteiger partial charge in [0.2, 0.25) is 5.95 Å². The summed E-state index contributed by atoms with van der Waals surface area (Å²) >= 11 is 6.33. The van der Waals surface area contributed by atoms with Crippen molar-refractivity contribution in [2.24, 2.45) is 28.9 Å². The van der Waals surface area contributed by atoms with Crippen LogP contribution in [0.5, 0.6) is 0 Å². The summed E-state index contributed by atoms with van der Waals surface area (Å²) in [6, 6.07) is 10.3. The number of hydrogen-bond donors (Lipinski definition) is 3. The fraction of sp³-hybridized carbons (Fsp3) is 0.542. The van der Waals surface area contributed by atoms with Crippen LogP contribution in [0, 0.1) is 34.5 Å². The molecule has 4 aliphatic carbocycles. The number of nitrogens with two attached hydrogens (primary N) is 1. The lowest BCUT2D eigenvalue weighted by atomic mass is 9.48. The minimum atomic E-state index is -0.0564. The summed E-state index contributed by atoms with van der Waals surface area (Å²) < 4.78 is 0. The van der Waals surface area contributed by atoms with E-state index in [9.17, 15) is 5.26 Å². The molecule has 4 saturated carbocycles. The van der Waals surface area contributed by atoms with Gasteiger partial charge >= 0.3 is 0 Å². The zero-order valence-electron chi connectivity index (χ0n) is 17.8. The molecule has 2 aromatic rings. The van der Waals surface area contributed by atoms with Gasteiger partial charge in [-0.25, -0.2) is 4.98 Å². The zero-order valence-corrected chi connectivity index (χ0v) is 18.6. The van der Waals surface area contributed by atoms with Crippen molar-refractivity contribution in [3.05, 3.63) is 46.6 Å². The van der Waals surface area contributed by atoms with Gasteiger partial charge in [0.1, 0.15) is 17.5 Å². The normalized spacial score (nSPS) is 31.8. The first kappa shape index (κ1) is 20.5. The molecule has 6 rings (SSSR count). The highest BCUT2D eigenvalue weighted by Gasteiger charge is 2.54. The fourth-order valence-electron chi connectivity index (χ4n) is 6.49. The monoisotopic (exact) mass is 436 g/mol. The first-order valence-corrected chi connectivity index (χ1v) is 11.6. The van der Waals surface area contributed by atoms with Crippen LogP contribution in [0.1, 0.15) is 56.2 Å². The summed E-state index contributed by atoms with van der Waals surface area (Å²) in [6.45, 7) is 2.86. The van der Waals surface area contributed by atoms with Crippen molar-refractivity contribution in [1.82, 2.24) is 9.97 Å². The van der Waals surface area contributed by atoms with Crippen LogP contribution < -0.4 is 16.4 Å². The SMILES string of the molecule is CC(Nc1ncc(C#N)c(NCC23CC4CC(C2)C(N)[C@H](C4)C3)n1)c1ccccc1Cl. The van der Waals surface area contributed by atoms with Crippen molar-refractivity contribution in [2.75, 3.05) is 17.2 Å². The Morgan fingerprint density at radius 2 is 2.00 bits per heavy atom. The molecule has 0 radical (unpaired) electrons. The van der Waals surface area contributed by atoms with E-state index in [1.54, 1.807) is 6.20 Å². The smallest absolute Gasteiger partial charge is 0.225 e. The number of halogens is 1. The van der Waals surface area contributed by atoms with Crippen molar-refractivity contribution in [1.29, 1.82) is 5.26 Å². The Morgan fingerprint density at radius 1 is 1.26 bits per heavy atom. The first-order chi connectivity index (χ1) is 15.0. The molecule has 31 heavy (non-hydrogen) atoms. The predicted octanol–water partition coefficient (Wildman–Crippen LogP) is 4.74. The molecule has 0 spiro atoms. The van der Waals surface area contributed by atoms with Gasteiger partial charge in [-0.1, -0.05) is 29.8 Å². The average molecular weight is 437 g/mol. The number of aromatic nitrogens is 2. The molecular formula is C24H29ClN6. The maximum Gasteiger partial charge on any atom is 0.225 e. The molecule has 0 saturated heterocycles. The third kappa shape index (κ3) is 3.86. The topological polar surface area (TPSA) is 99.7 Å². The van der Waals surface area contributed by atoms with Gasteiger partial charge in [0.15, 0.2) is 0 Å². The van der Waals surface area contributed by atoms with E-state index in [1.165, 1.54) is 32.1 Å². The second-order valence-electron chi connectivity index (χ2n) is 9.86. The molecule has 6 nitrogen and oxygen atoms in total. The number of nitriles is 1. The Balaban J connectivity index is 1.32. The molecule has 1 aromatic carbocycles. The molecule has 4 fully saturated rings. The standard InChI is InChI=1S/C24H29ClN6/c1-14(19-4-2-3-5-20(19)25)30-23-28-12-18(11-26)22(31-23)29-13-24-8-15-6-16(9-24)21(27)17(7-15)10-24/h2-5,12,14-17,21H,6-10,13,27H2,1H3,(H2,28,29,30,31)/t14?,15?,16-,17?,21?,24?/m1/s1. The lowest BCUT2D eigenvalue weighted by molar-refractivity contribution is -0.0591. The molecule has 0 amide bonds. The Kier molecular flexibility index (Phi) is 5.27. The van der Waals surface area contributed by atoms with Crippen LogP contribution in [0.3, 0.4) is 0 Å². The average Bonchev–Trinajstić information content (AvgIpc) is 2.76. The van der Waals surface area contributed by atoms with Crippen molar-refractivity contribution >= 4 is 23.4 Å². The molecule has 4 aliphatic rings. The Morgan fingerprint density at radius 3 is 2.71 bits per heavy atom. The van der Waals surface area contributed by atoms with Crippen LogP contribution in [0.25, 0.3) is 0 Å². The summed E-state index contributed by atoms with van der Waals surface area (Å²) in [7, 11) is 0. The van der Waals surface area contributed by atoms with Crippen molar-refractivity contribution in [3.8, 4) is 6.07 Å². The summed E-state index contributed by atoms with van der Waals surface area (Å²) in [4.78, 5) is 8.99. The Labute approximate surface area is 188 Å². The van der Waals surface area contributed by atoms with Gasteiger partial charge in [-0.3, -0.25) is 0 Å². The third-order valence-electron chi connectivity index (χ3n) is 7.73. The molecule has 1 heterocycles. The molecule has 162 valence electrons. The van der Waals surface area contributed by atoms with E-state index in [0.717, 1.165) is 18.0 Å². The van der Waals surface area contributed by atoms with E-state index in [0.29, 0.717) is 40.2 Å². The minimum absolute atomic E-state index is 0.0564. The maximum atomic E-state index is 9.58. The van der Waals surface area contributed by atoms with Crippen LogP contribution in [0.2, 0.25) is 5.02 Å². The number of hydrogen-bond acceptors (Lipinski definition) is 6. The highest BCUT2D eigenvalue weighted by molar-refractivity contribution is 6.31. The number of anilines is 2. The van der Waals surface area contributed by atoms with Crippen LogP contribution in [0.4, 0.5) is 11.8 Å². The van der Waals surface area contributed by atoms with Crippen molar-refractivity contribution in [3.63, 3.8) is 0 Å². The summed E-state index contributed by atoms with van der Waals surface area (Å²) in [6.07, 6.45) is 7.83. The highest BCUT2D eigenvalue weighted by Crippen LogP contribution is 2.59. The molecule has 1 aromatic heterocycles. The highest BCUT2D eigenvalue weighted by atomic mass is 35.5. The van der Waals surface area contributed by atoms with Gasteiger partial charge in [0, 0.05) is 17.6 Å². The third-order valence-corrected chi connectivity index (χ3v) is 8.07. The first-order valence-electron chi connectivity index (χ1n) is 11.2. The fourth-order valence-corrected chi connectivity index (χ4v) is 6.78. The number of benzene rings is 1. The summed E-state index contributed by atoms with van der Waals surface area (Å²) in [5.74, 6) is 3.21. The lowest BCUT2D eigenvalue weighted by Crippen LogP contribution is -2.58. The Bertz CT molecular complexity index is 1000. The molecular weight excluding hydrogens is 408 g/mol. The Hall–Kier alpha value is -2.36. The van der Waals surface area contributed by atoms with E-state index in [1.807, 2.05) is 31.2 Å². The summed E-state index contributed by atoms with van der Waals surface area (Å²) in [5.41, 5.74) is 8.23. The van der Waals surface area contributed by atoms with E-state index < -0.39 is 0 Å². The van der Waals surface area contributed by atoms with Crippen molar-refractivity contribution in [2.45, 2.75) is 51.1 Å². The maximum absolute atomic E-state index is 9.58. The van der Waals surface area contributed by atoms with Gasteiger partial charge in [-0.15, -0.1) is 0 Å². The van der Waals surface area contributed by atoms with E-state index in [4.69, 9.17) is 17.3 Å². The quantitative estimate of drug-likeness (QED) is 0.604. The van der Waals surface area contributed by atoms with Crippen molar-refractivity contribution < 1.29 is 0 Å². The molecule has 4 bridgehead atoms. The zero-order chi connectivity index (χ0) is 21.6. The molecule has 0 aliphatic heterocycles. The second-order valence-corrected chi connectivity index (χ2v) is 10.3. The number of nitrogens with one attached hydrogen (secondary N) is 2. The molecule has 7 heteroatoms. The molecule has 4 N–H and O–H groups in total. The van der Waals surface area contributed by atoms with Gasteiger partial charge in [-0.2, -0.15) is 10.2 Å².